The van der Waals surface area contributed by atoms with Crippen molar-refractivity contribution >= 4 is 0 Å². The summed E-state index contributed by atoms with van der Waals surface area (Å²) in [4.78, 5) is 2.31. The van der Waals surface area contributed by atoms with Gasteiger partial charge in [-0.2, -0.15) is 0 Å². The summed E-state index contributed by atoms with van der Waals surface area (Å²) in [6, 6.07) is 8.53. The van der Waals surface area contributed by atoms with E-state index in [1.807, 2.05) is 0 Å². The predicted octanol–water partition coefficient (Wildman–Crippen LogP) is 1.58. The predicted molar refractivity (Wildman–Crippen MR) is 67.9 cm³/mol. The maximum absolute atomic E-state index is 9.53. The smallest absolute Gasteiger partial charge is 0.0671 e. The molecule has 1 N–H and O–H groups in total. The van der Waals surface area contributed by atoms with E-state index < -0.39 is 0 Å². The Bertz CT molecular complexity index is 380. The maximum Gasteiger partial charge on any atom is 0.0671 e. The Labute approximate surface area is 103 Å². The minimum absolute atomic E-state index is 0.138. The Morgan fingerprint density at radius 3 is 3.00 bits per heavy atom. The molecule has 94 valence electrons. The molecule has 0 amide bonds. The van der Waals surface area contributed by atoms with E-state index in [0.29, 0.717) is 6.61 Å². The normalized spacial score (nSPS) is 26.1. The highest BCUT2D eigenvalue weighted by Crippen LogP contribution is 2.22. The Hall–Kier alpha value is -0.900. The van der Waals surface area contributed by atoms with Crippen molar-refractivity contribution in [1.82, 2.24) is 4.90 Å². The van der Waals surface area contributed by atoms with Crippen molar-refractivity contribution < 1.29 is 9.84 Å². The van der Waals surface area contributed by atoms with Crippen LogP contribution in [0.2, 0.25) is 0 Å². The van der Waals surface area contributed by atoms with Crippen LogP contribution in [0.15, 0.2) is 24.3 Å². The second kappa shape index (κ2) is 5.17. The number of hydrogen-bond acceptors (Lipinski definition) is 3. The molecule has 0 aromatic heterocycles. The molecule has 17 heavy (non-hydrogen) atoms. The Morgan fingerprint density at radius 2 is 2.29 bits per heavy atom. The SMILES string of the molecule is Cc1cccc(CN2CCOCC2(C)CO)c1. The number of nitrogens with zero attached hydrogens (tertiary/aromatic N) is 1. The zero-order valence-electron chi connectivity index (χ0n) is 10.6. The van der Waals surface area contributed by atoms with Gasteiger partial charge in [-0.05, 0) is 19.4 Å². The average molecular weight is 235 g/mol. The van der Waals surface area contributed by atoms with Gasteiger partial charge >= 0.3 is 0 Å². The van der Waals surface area contributed by atoms with Crippen molar-refractivity contribution in [3.05, 3.63) is 35.4 Å². The van der Waals surface area contributed by atoms with Gasteiger partial charge < -0.3 is 9.84 Å². The molecule has 1 heterocycles. The van der Waals surface area contributed by atoms with Crippen LogP contribution < -0.4 is 0 Å². The van der Waals surface area contributed by atoms with Gasteiger partial charge in [0.25, 0.3) is 0 Å². The number of aryl methyl sites for hydroxylation is 1. The van der Waals surface area contributed by atoms with Gasteiger partial charge in [-0.1, -0.05) is 29.8 Å². The van der Waals surface area contributed by atoms with Crippen LogP contribution in [0.3, 0.4) is 0 Å². The molecular weight excluding hydrogens is 214 g/mol. The fourth-order valence-electron chi connectivity index (χ4n) is 2.27. The molecule has 0 bridgehead atoms. The molecule has 0 aliphatic carbocycles. The van der Waals surface area contributed by atoms with Crippen LogP contribution in [0.25, 0.3) is 0 Å². The third kappa shape index (κ3) is 2.86. The van der Waals surface area contributed by atoms with E-state index in [4.69, 9.17) is 4.74 Å². The van der Waals surface area contributed by atoms with Gasteiger partial charge in [-0.25, -0.2) is 0 Å². The topological polar surface area (TPSA) is 32.7 Å². The quantitative estimate of drug-likeness (QED) is 0.863. The molecule has 1 aliphatic rings. The molecule has 2 rings (SSSR count). The van der Waals surface area contributed by atoms with E-state index in [1.165, 1.54) is 11.1 Å². The summed E-state index contributed by atoms with van der Waals surface area (Å²) in [6.45, 7) is 7.42. The van der Waals surface area contributed by atoms with E-state index in [-0.39, 0.29) is 12.1 Å². The van der Waals surface area contributed by atoms with Crippen molar-refractivity contribution in [3.8, 4) is 0 Å². The Balaban J connectivity index is 2.11. The zero-order valence-corrected chi connectivity index (χ0v) is 10.6. The Kier molecular flexibility index (Phi) is 3.82. The fourth-order valence-corrected chi connectivity index (χ4v) is 2.27. The average Bonchev–Trinajstić information content (AvgIpc) is 2.32. The number of rotatable bonds is 3. The van der Waals surface area contributed by atoms with Gasteiger partial charge in [0, 0.05) is 13.1 Å². The van der Waals surface area contributed by atoms with Gasteiger partial charge in [0.15, 0.2) is 0 Å². The number of morpholine rings is 1. The van der Waals surface area contributed by atoms with E-state index in [0.717, 1.165) is 19.7 Å². The molecule has 1 fully saturated rings. The molecule has 1 aromatic rings. The van der Waals surface area contributed by atoms with Crippen molar-refractivity contribution in [1.29, 1.82) is 0 Å². The minimum atomic E-state index is -0.248. The lowest BCUT2D eigenvalue weighted by molar-refractivity contribution is -0.0863. The number of ether oxygens (including phenoxy) is 1. The third-order valence-corrected chi connectivity index (χ3v) is 3.48. The summed E-state index contributed by atoms with van der Waals surface area (Å²) in [5.74, 6) is 0. The molecule has 0 saturated carbocycles. The summed E-state index contributed by atoms with van der Waals surface area (Å²) in [5, 5.41) is 9.53. The largest absolute Gasteiger partial charge is 0.394 e. The van der Waals surface area contributed by atoms with Gasteiger partial charge in [0.1, 0.15) is 0 Å². The lowest BCUT2D eigenvalue weighted by Gasteiger charge is -2.43. The first-order chi connectivity index (χ1) is 8.14. The van der Waals surface area contributed by atoms with Gasteiger partial charge in [-0.3, -0.25) is 4.90 Å². The number of aliphatic hydroxyl groups is 1. The molecule has 3 heteroatoms. The van der Waals surface area contributed by atoms with Gasteiger partial charge in [0.05, 0.1) is 25.4 Å². The molecule has 0 radical (unpaired) electrons. The summed E-state index contributed by atoms with van der Waals surface area (Å²) < 4.78 is 5.47. The van der Waals surface area contributed by atoms with E-state index in [2.05, 4.69) is 43.0 Å². The second-order valence-electron chi connectivity index (χ2n) is 5.12. The van der Waals surface area contributed by atoms with E-state index in [1.54, 1.807) is 0 Å². The van der Waals surface area contributed by atoms with Crippen molar-refractivity contribution in [2.45, 2.75) is 25.9 Å². The highest BCUT2D eigenvalue weighted by molar-refractivity contribution is 5.22. The van der Waals surface area contributed by atoms with Gasteiger partial charge in [0.2, 0.25) is 0 Å². The first-order valence-electron chi connectivity index (χ1n) is 6.13. The lowest BCUT2D eigenvalue weighted by Crippen LogP contribution is -2.56. The molecular formula is C14H21NO2. The second-order valence-corrected chi connectivity index (χ2v) is 5.12. The molecule has 0 spiro atoms. The Morgan fingerprint density at radius 1 is 1.47 bits per heavy atom. The van der Waals surface area contributed by atoms with Crippen molar-refractivity contribution in [2.24, 2.45) is 0 Å². The van der Waals surface area contributed by atoms with E-state index in [9.17, 15) is 5.11 Å². The van der Waals surface area contributed by atoms with Crippen LogP contribution in [0.5, 0.6) is 0 Å². The maximum atomic E-state index is 9.53. The van der Waals surface area contributed by atoms with E-state index >= 15 is 0 Å². The highest BCUT2D eigenvalue weighted by Gasteiger charge is 2.34. The third-order valence-electron chi connectivity index (χ3n) is 3.48. The molecule has 1 aromatic carbocycles. The van der Waals surface area contributed by atoms with Crippen molar-refractivity contribution in [2.75, 3.05) is 26.4 Å². The zero-order chi connectivity index (χ0) is 12.3. The first-order valence-corrected chi connectivity index (χ1v) is 6.13. The van der Waals surface area contributed by atoms with Crippen LogP contribution in [0.1, 0.15) is 18.1 Å². The summed E-state index contributed by atoms with van der Waals surface area (Å²) in [6.07, 6.45) is 0. The van der Waals surface area contributed by atoms with Crippen LogP contribution in [-0.4, -0.2) is 41.9 Å². The summed E-state index contributed by atoms with van der Waals surface area (Å²) >= 11 is 0. The van der Waals surface area contributed by atoms with Crippen LogP contribution >= 0.6 is 0 Å². The molecule has 1 saturated heterocycles. The lowest BCUT2D eigenvalue weighted by atomic mass is 9.99. The summed E-state index contributed by atoms with van der Waals surface area (Å²) in [5.41, 5.74) is 2.33. The standard InChI is InChI=1S/C14H21NO2/c1-12-4-3-5-13(8-12)9-15-6-7-17-11-14(15,2)10-16/h3-5,8,16H,6-7,9-11H2,1-2H3. The fraction of sp³-hybridized carbons (Fsp3) is 0.571. The van der Waals surface area contributed by atoms with Crippen molar-refractivity contribution in [3.63, 3.8) is 0 Å². The van der Waals surface area contributed by atoms with Gasteiger partial charge in [-0.15, -0.1) is 0 Å². The van der Waals surface area contributed by atoms with Crippen LogP contribution in [-0.2, 0) is 11.3 Å². The number of benzene rings is 1. The summed E-state index contributed by atoms with van der Waals surface area (Å²) in [7, 11) is 0. The molecule has 1 atom stereocenters. The monoisotopic (exact) mass is 235 g/mol. The number of hydrogen-bond donors (Lipinski definition) is 1. The van der Waals surface area contributed by atoms with Crippen LogP contribution in [0, 0.1) is 6.92 Å². The minimum Gasteiger partial charge on any atom is -0.394 e. The molecule has 3 nitrogen and oxygen atoms in total. The number of aliphatic hydroxyl groups excluding tert-OH is 1. The highest BCUT2D eigenvalue weighted by atomic mass is 16.5. The molecule has 1 unspecified atom stereocenters. The molecule has 1 aliphatic heterocycles. The van der Waals surface area contributed by atoms with Crippen LogP contribution in [0.4, 0.5) is 0 Å². The first kappa shape index (κ1) is 12.6.